The van der Waals surface area contributed by atoms with Crippen LogP contribution >= 0.6 is 11.6 Å². The predicted molar refractivity (Wildman–Crippen MR) is 34.3 cm³/mol. The summed E-state index contributed by atoms with van der Waals surface area (Å²) in [7, 11) is 0. The fourth-order valence-corrected chi connectivity index (χ4v) is 3.03. The van der Waals surface area contributed by atoms with E-state index in [1.807, 2.05) is 0 Å². The first kappa shape index (κ1) is 4.97. The van der Waals surface area contributed by atoms with Crippen LogP contribution in [0.5, 0.6) is 0 Å². The van der Waals surface area contributed by atoms with E-state index >= 15 is 0 Å². The van der Waals surface area contributed by atoms with Gasteiger partial charge >= 0.3 is 0 Å². The van der Waals surface area contributed by atoms with Gasteiger partial charge < -0.3 is 4.74 Å². The second-order valence-corrected chi connectivity index (χ2v) is 4.10. The smallest absolute Gasteiger partial charge is 0.171 e. The Bertz CT molecular complexity index is 170. The molecule has 50 valence electrons. The summed E-state index contributed by atoms with van der Waals surface area (Å²) < 4.78 is 5.39. The summed E-state index contributed by atoms with van der Waals surface area (Å²) in [6.07, 6.45) is 4.47. The Kier molecular flexibility index (Phi) is 0.647. The Labute approximate surface area is 59.3 Å². The molecule has 1 heterocycles. The highest BCUT2D eigenvalue weighted by Gasteiger charge is 2.71. The molecule has 0 radical (unpaired) electrons. The third-order valence-corrected chi connectivity index (χ3v) is 3.71. The molecule has 2 bridgehead atoms. The zero-order valence-corrected chi connectivity index (χ0v) is 5.90. The highest BCUT2D eigenvalue weighted by molar-refractivity contribution is 6.25. The van der Waals surface area contributed by atoms with Crippen LogP contribution in [-0.2, 0) is 4.74 Å². The number of ether oxygens (including phenoxy) is 1. The number of hydrogen-bond donors (Lipinski definition) is 0. The van der Waals surface area contributed by atoms with Gasteiger partial charge in [-0.25, -0.2) is 0 Å². The maximum absolute atomic E-state index is 6.12. The van der Waals surface area contributed by atoms with Crippen LogP contribution in [0.1, 0.15) is 19.3 Å². The summed E-state index contributed by atoms with van der Waals surface area (Å²) >= 11 is 6.12. The number of rotatable bonds is 0. The van der Waals surface area contributed by atoms with Crippen LogP contribution in [0.25, 0.3) is 0 Å². The molecule has 3 fully saturated rings. The van der Waals surface area contributed by atoms with E-state index in [1.54, 1.807) is 0 Å². The SMILES string of the molecule is ClC12OC1C1CCC2C1. The van der Waals surface area contributed by atoms with Crippen LogP contribution in [-0.4, -0.2) is 11.2 Å². The normalized spacial score (nSPS) is 68.3. The van der Waals surface area contributed by atoms with Crippen LogP contribution in [0.15, 0.2) is 0 Å². The van der Waals surface area contributed by atoms with Gasteiger partial charge in [0.05, 0.1) is 0 Å². The van der Waals surface area contributed by atoms with Gasteiger partial charge in [-0.2, -0.15) is 0 Å². The first-order valence-electron chi connectivity index (χ1n) is 3.67. The molecule has 0 aromatic carbocycles. The Balaban J connectivity index is 2.04. The molecular weight excluding hydrogens is 136 g/mol. The lowest BCUT2D eigenvalue weighted by molar-refractivity contribution is 0.246. The largest absolute Gasteiger partial charge is 0.349 e. The molecule has 2 heteroatoms. The Morgan fingerprint density at radius 1 is 1.44 bits per heavy atom. The molecule has 0 aromatic heterocycles. The van der Waals surface area contributed by atoms with Crippen LogP contribution in [0.3, 0.4) is 0 Å². The summed E-state index contributed by atoms with van der Waals surface area (Å²) in [6.45, 7) is 0. The standard InChI is InChI=1S/C7H9ClO/c8-7-5-2-1-4(3-5)6(7)9-7/h4-6H,1-3H2. The summed E-state index contributed by atoms with van der Waals surface area (Å²) in [4.78, 5) is 0. The number of alkyl halides is 1. The monoisotopic (exact) mass is 144 g/mol. The predicted octanol–water partition coefficient (Wildman–Crippen LogP) is 1.75. The van der Waals surface area contributed by atoms with E-state index in [0.717, 1.165) is 5.92 Å². The second kappa shape index (κ2) is 1.17. The first-order valence-corrected chi connectivity index (χ1v) is 4.05. The van der Waals surface area contributed by atoms with Crippen molar-refractivity contribution in [3.8, 4) is 0 Å². The molecule has 3 aliphatic rings. The van der Waals surface area contributed by atoms with Gasteiger partial charge in [-0.1, -0.05) is 11.6 Å². The number of hydrogen-bond acceptors (Lipinski definition) is 1. The minimum absolute atomic E-state index is 0.150. The Morgan fingerprint density at radius 2 is 2.33 bits per heavy atom. The first-order chi connectivity index (χ1) is 4.31. The molecule has 4 atom stereocenters. The van der Waals surface area contributed by atoms with E-state index in [0.29, 0.717) is 12.0 Å². The average molecular weight is 145 g/mol. The zero-order valence-electron chi connectivity index (χ0n) is 5.14. The van der Waals surface area contributed by atoms with Crippen LogP contribution in [0, 0.1) is 11.8 Å². The lowest BCUT2D eigenvalue weighted by atomic mass is 10.0. The zero-order chi connectivity index (χ0) is 6.06. The van der Waals surface area contributed by atoms with Gasteiger partial charge in [0.25, 0.3) is 0 Å². The lowest BCUT2D eigenvalue weighted by Crippen LogP contribution is -2.15. The van der Waals surface area contributed by atoms with Crippen molar-refractivity contribution in [1.82, 2.24) is 0 Å². The molecule has 4 unspecified atom stereocenters. The van der Waals surface area contributed by atoms with Crippen LogP contribution in [0.4, 0.5) is 0 Å². The highest BCUT2D eigenvalue weighted by Crippen LogP contribution is 2.65. The minimum Gasteiger partial charge on any atom is -0.349 e. The van der Waals surface area contributed by atoms with Crippen molar-refractivity contribution >= 4 is 11.6 Å². The Hall–Kier alpha value is 0.250. The number of epoxide rings is 1. The summed E-state index contributed by atoms with van der Waals surface area (Å²) in [5.41, 5.74) is 0. The second-order valence-electron chi connectivity index (χ2n) is 3.51. The molecule has 2 aliphatic carbocycles. The van der Waals surface area contributed by atoms with Crippen molar-refractivity contribution in [2.75, 3.05) is 0 Å². The van der Waals surface area contributed by atoms with Gasteiger partial charge in [-0.15, -0.1) is 0 Å². The fraction of sp³-hybridized carbons (Fsp3) is 1.00. The summed E-state index contributed by atoms with van der Waals surface area (Å²) in [5.74, 6) is 1.53. The van der Waals surface area contributed by atoms with Crippen molar-refractivity contribution in [3.05, 3.63) is 0 Å². The highest BCUT2D eigenvalue weighted by atomic mass is 35.5. The van der Waals surface area contributed by atoms with E-state index in [2.05, 4.69) is 0 Å². The molecule has 0 spiro atoms. The van der Waals surface area contributed by atoms with Gasteiger partial charge in [-0.05, 0) is 25.2 Å². The van der Waals surface area contributed by atoms with Gasteiger partial charge in [0, 0.05) is 5.92 Å². The van der Waals surface area contributed by atoms with Crippen molar-refractivity contribution in [1.29, 1.82) is 0 Å². The summed E-state index contributed by atoms with van der Waals surface area (Å²) in [6, 6.07) is 0. The van der Waals surface area contributed by atoms with E-state index in [-0.39, 0.29) is 5.06 Å². The van der Waals surface area contributed by atoms with Crippen LogP contribution < -0.4 is 0 Å². The molecule has 0 N–H and O–H groups in total. The van der Waals surface area contributed by atoms with E-state index < -0.39 is 0 Å². The van der Waals surface area contributed by atoms with Gasteiger partial charge in [0.2, 0.25) is 0 Å². The number of halogens is 1. The summed E-state index contributed by atoms with van der Waals surface area (Å²) in [5, 5.41) is -0.150. The van der Waals surface area contributed by atoms with Gasteiger partial charge in [-0.3, -0.25) is 0 Å². The third kappa shape index (κ3) is 0.404. The number of fused-ring (bicyclic) bond motifs is 5. The molecule has 9 heavy (non-hydrogen) atoms. The maximum atomic E-state index is 6.12. The molecular formula is C7H9ClO. The van der Waals surface area contributed by atoms with Crippen molar-refractivity contribution in [2.45, 2.75) is 30.4 Å². The van der Waals surface area contributed by atoms with Gasteiger partial charge in [0.15, 0.2) is 5.06 Å². The molecule has 0 amide bonds. The van der Waals surface area contributed by atoms with E-state index in [4.69, 9.17) is 16.3 Å². The van der Waals surface area contributed by atoms with Crippen molar-refractivity contribution in [2.24, 2.45) is 11.8 Å². The topological polar surface area (TPSA) is 12.5 Å². The molecule has 0 aromatic rings. The third-order valence-electron chi connectivity index (χ3n) is 3.10. The molecule has 2 saturated carbocycles. The lowest BCUT2D eigenvalue weighted by Gasteiger charge is -2.08. The molecule has 1 nitrogen and oxygen atoms in total. The van der Waals surface area contributed by atoms with Gasteiger partial charge in [0.1, 0.15) is 6.10 Å². The quantitative estimate of drug-likeness (QED) is 0.373. The molecule has 3 rings (SSSR count). The molecule has 1 aliphatic heterocycles. The van der Waals surface area contributed by atoms with Crippen molar-refractivity contribution < 1.29 is 4.74 Å². The van der Waals surface area contributed by atoms with Crippen LogP contribution in [0.2, 0.25) is 0 Å². The fourth-order valence-electron chi connectivity index (χ4n) is 2.56. The van der Waals surface area contributed by atoms with Crippen molar-refractivity contribution in [3.63, 3.8) is 0 Å². The van der Waals surface area contributed by atoms with E-state index in [1.165, 1.54) is 19.3 Å². The minimum atomic E-state index is -0.150. The maximum Gasteiger partial charge on any atom is 0.171 e. The van der Waals surface area contributed by atoms with E-state index in [9.17, 15) is 0 Å². The average Bonchev–Trinajstić information content (AvgIpc) is 2.34. The Morgan fingerprint density at radius 3 is 2.78 bits per heavy atom. The molecule has 1 saturated heterocycles.